The van der Waals surface area contributed by atoms with Gasteiger partial charge in [-0.15, -0.1) is 0 Å². The Labute approximate surface area is 166 Å². The van der Waals surface area contributed by atoms with Crippen molar-refractivity contribution in [1.82, 2.24) is 0 Å². The zero-order chi connectivity index (χ0) is 19.0. The summed E-state index contributed by atoms with van der Waals surface area (Å²) in [6.45, 7) is 2.02. The first-order valence-electron chi connectivity index (χ1n) is 8.67. The maximum Gasteiger partial charge on any atom is 0.262 e. The summed E-state index contributed by atoms with van der Waals surface area (Å²) >= 11 is 3.54. The van der Waals surface area contributed by atoms with Gasteiger partial charge in [0.25, 0.3) is 5.91 Å². The molecule has 0 spiro atoms. The van der Waals surface area contributed by atoms with Gasteiger partial charge in [0.05, 0.1) is 12.7 Å². The number of halogens is 1. The maximum atomic E-state index is 13.4. The second-order valence-corrected chi connectivity index (χ2v) is 7.41. The predicted octanol–water partition coefficient (Wildman–Crippen LogP) is 5.54. The normalized spacial score (nSPS) is 15.9. The number of nitrogens with one attached hydrogen (secondary N) is 1. The van der Waals surface area contributed by atoms with Crippen molar-refractivity contribution in [1.29, 1.82) is 0 Å². The van der Waals surface area contributed by atoms with Crippen LogP contribution in [0.1, 0.15) is 27.7 Å². The van der Waals surface area contributed by atoms with Crippen LogP contribution in [0.25, 0.3) is 0 Å². The van der Waals surface area contributed by atoms with Gasteiger partial charge in [-0.05, 0) is 55.0 Å². The van der Waals surface area contributed by atoms with Gasteiger partial charge in [-0.3, -0.25) is 9.69 Å². The lowest BCUT2D eigenvalue weighted by Gasteiger charge is -2.38. The molecule has 1 heterocycles. The molecule has 4 rings (SSSR count). The van der Waals surface area contributed by atoms with E-state index in [-0.39, 0.29) is 12.1 Å². The second kappa shape index (κ2) is 7.08. The number of anilines is 2. The van der Waals surface area contributed by atoms with E-state index in [0.29, 0.717) is 5.56 Å². The minimum Gasteiger partial charge on any atom is -0.496 e. The molecule has 0 fully saturated rings. The van der Waals surface area contributed by atoms with E-state index in [0.717, 1.165) is 32.7 Å². The molecule has 0 bridgehead atoms. The molecule has 1 N–H and O–H groups in total. The highest BCUT2D eigenvalue weighted by Gasteiger charge is 2.35. The molecule has 1 aliphatic rings. The number of nitrogens with zero attached hydrogens (tertiary/aromatic N) is 1. The number of hydrogen-bond acceptors (Lipinski definition) is 3. The van der Waals surface area contributed by atoms with Crippen LogP contribution < -0.4 is 15.0 Å². The highest BCUT2D eigenvalue weighted by atomic mass is 79.9. The van der Waals surface area contributed by atoms with Crippen molar-refractivity contribution < 1.29 is 9.53 Å². The number of aryl methyl sites for hydroxylation is 1. The molecule has 1 aliphatic heterocycles. The van der Waals surface area contributed by atoms with Gasteiger partial charge >= 0.3 is 0 Å². The SMILES string of the molecule is COc1ccc(Br)cc1C1Nc2ccccc2C(=O)N1c1cccc(C)c1. The van der Waals surface area contributed by atoms with E-state index in [1.165, 1.54) is 0 Å². The van der Waals surface area contributed by atoms with Crippen molar-refractivity contribution in [2.75, 3.05) is 17.3 Å². The summed E-state index contributed by atoms with van der Waals surface area (Å²) in [5.41, 5.74) is 4.30. The minimum absolute atomic E-state index is 0.0398. The molecule has 5 heteroatoms. The summed E-state index contributed by atoms with van der Waals surface area (Å²) in [4.78, 5) is 15.2. The van der Waals surface area contributed by atoms with Crippen LogP contribution in [-0.4, -0.2) is 13.0 Å². The number of ether oxygens (including phenoxy) is 1. The largest absolute Gasteiger partial charge is 0.496 e. The molecule has 3 aromatic rings. The average Bonchev–Trinajstić information content (AvgIpc) is 2.68. The third-order valence-corrected chi connectivity index (χ3v) is 5.19. The number of hydrogen-bond donors (Lipinski definition) is 1. The van der Waals surface area contributed by atoms with E-state index in [9.17, 15) is 4.79 Å². The van der Waals surface area contributed by atoms with Crippen molar-refractivity contribution >= 4 is 33.2 Å². The summed E-state index contributed by atoms with van der Waals surface area (Å²) in [5.74, 6) is 0.683. The van der Waals surface area contributed by atoms with Crippen LogP contribution in [0.2, 0.25) is 0 Å². The molecule has 0 saturated heterocycles. The van der Waals surface area contributed by atoms with Crippen molar-refractivity contribution in [2.45, 2.75) is 13.1 Å². The molecule has 136 valence electrons. The molecule has 27 heavy (non-hydrogen) atoms. The molecule has 3 aromatic carbocycles. The smallest absolute Gasteiger partial charge is 0.262 e. The van der Waals surface area contributed by atoms with E-state index in [1.807, 2.05) is 73.7 Å². The summed E-state index contributed by atoms with van der Waals surface area (Å²) < 4.78 is 6.51. The Morgan fingerprint density at radius 3 is 2.63 bits per heavy atom. The number of rotatable bonds is 3. The van der Waals surface area contributed by atoms with Gasteiger partial charge in [-0.2, -0.15) is 0 Å². The molecule has 0 radical (unpaired) electrons. The number of para-hydroxylation sites is 1. The topological polar surface area (TPSA) is 41.6 Å². The predicted molar refractivity (Wildman–Crippen MR) is 111 cm³/mol. The molecule has 0 aliphatic carbocycles. The first-order chi connectivity index (χ1) is 13.1. The highest BCUT2D eigenvalue weighted by Crippen LogP contribution is 2.40. The van der Waals surface area contributed by atoms with Gasteiger partial charge in [-0.25, -0.2) is 0 Å². The van der Waals surface area contributed by atoms with Crippen LogP contribution in [0.5, 0.6) is 5.75 Å². The number of amides is 1. The number of carbonyl (C=O) groups is 1. The Kier molecular flexibility index (Phi) is 4.62. The molecule has 0 aromatic heterocycles. The van der Waals surface area contributed by atoms with E-state index >= 15 is 0 Å². The summed E-state index contributed by atoms with van der Waals surface area (Å²) in [7, 11) is 1.64. The zero-order valence-corrected chi connectivity index (χ0v) is 16.7. The third-order valence-electron chi connectivity index (χ3n) is 4.69. The summed E-state index contributed by atoms with van der Waals surface area (Å²) in [6.07, 6.45) is -0.387. The maximum absolute atomic E-state index is 13.4. The molecule has 4 nitrogen and oxygen atoms in total. The first-order valence-corrected chi connectivity index (χ1v) is 9.47. The number of benzene rings is 3. The summed E-state index contributed by atoms with van der Waals surface area (Å²) in [6, 6.07) is 21.4. The van der Waals surface area contributed by atoms with E-state index in [2.05, 4.69) is 21.2 Å². The summed E-state index contributed by atoms with van der Waals surface area (Å²) in [5, 5.41) is 3.52. The number of carbonyl (C=O) groups excluding carboxylic acids is 1. The Balaban J connectivity index is 1.92. The highest BCUT2D eigenvalue weighted by molar-refractivity contribution is 9.10. The van der Waals surface area contributed by atoms with Crippen molar-refractivity contribution in [3.05, 3.63) is 87.9 Å². The molecular formula is C22H19BrN2O2. The molecule has 1 unspecified atom stereocenters. The van der Waals surface area contributed by atoms with Gasteiger partial charge < -0.3 is 10.1 Å². The molecular weight excluding hydrogens is 404 g/mol. The first kappa shape index (κ1) is 17.6. The van der Waals surface area contributed by atoms with Crippen LogP contribution in [0.15, 0.2) is 71.2 Å². The standard InChI is InChI=1S/C22H19BrN2O2/c1-14-6-5-7-16(12-14)25-21(18-13-15(23)10-11-20(18)27-2)24-19-9-4-3-8-17(19)22(25)26/h3-13,21,24H,1-2H3. The van der Waals surface area contributed by atoms with Crippen LogP contribution in [0.3, 0.4) is 0 Å². The quantitative estimate of drug-likeness (QED) is 0.602. The van der Waals surface area contributed by atoms with E-state index in [1.54, 1.807) is 12.0 Å². The van der Waals surface area contributed by atoms with Crippen molar-refractivity contribution in [3.63, 3.8) is 0 Å². The molecule has 0 saturated carbocycles. The average molecular weight is 423 g/mol. The second-order valence-electron chi connectivity index (χ2n) is 6.49. The fourth-order valence-corrected chi connectivity index (χ4v) is 3.81. The number of fused-ring (bicyclic) bond motifs is 1. The zero-order valence-electron chi connectivity index (χ0n) is 15.1. The minimum atomic E-state index is -0.387. The molecule has 1 atom stereocenters. The molecule has 1 amide bonds. The fourth-order valence-electron chi connectivity index (χ4n) is 3.43. The van der Waals surface area contributed by atoms with Gasteiger partial charge in [0.1, 0.15) is 11.9 Å². The van der Waals surface area contributed by atoms with Crippen LogP contribution in [0, 0.1) is 6.92 Å². The monoisotopic (exact) mass is 422 g/mol. The lowest BCUT2D eigenvalue weighted by atomic mass is 10.0. The lowest BCUT2D eigenvalue weighted by Crippen LogP contribution is -2.43. The van der Waals surface area contributed by atoms with Crippen molar-refractivity contribution in [2.24, 2.45) is 0 Å². The van der Waals surface area contributed by atoms with Gasteiger partial charge in [0, 0.05) is 21.4 Å². The fraction of sp³-hybridized carbons (Fsp3) is 0.136. The Morgan fingerprint density at radius 2 is 1.85 bits per heavy atom. The van der Waals surface area contributed by atoms with Crippen LogP contribution >= 0.6 is 15.9 Å². The van der Waals surface area contributed by atoms with Gasteiger partial charge in [-0.1, -0.05) is 40.2 Å². The number of methoxy groups -OCH3 is 1. The third kappa shape index (κ3) is 3.19. The van der Waals surface area contributed by atoms with Crippen LogP contribution in [0.4, 0.5) is 11.4 Å². The van der Waals surface area contributed by atoms with Crippen LogP contribution in [-0.2, 0) is 0 Å². The Morgan fingerprint density at radius 1 is 1.04 bits per heavy atom. The van der Waals surface area contributed by atoms with Gasteiger partial charge in [0.2, 0.25) is 0 Å². The lowest BCUT2D eigenvalue weighted by molar-refractivity contribution is 0.0974. The van der Waals surface area contributed by atoms with E-state index < -0.39 is 0 Å². The van der Waals surface area contributed by atoms with E-state index in [4.69, 9.17) is 4.74 Å². The van der Waals surface area contributed by atoms with Crippen molar-refractivity contribution in [3.8, 4) is 5.75 Å². The Hall–Kier alpha value is -2.79. The Bertz CT molecular complexity index is 1020. The van der Waals surface area contributed by atoms with Gasteiger partial charge in [0.15, 0.2) is 0 Å².